The predicted molar refractivity (Wildman–Crippen MR) is 113 cm³/mol. The summed E-state index contributed by atoms with van der Waals surface area (Å²) >= 11 is 0. The summed E-state index contributed by atoms with van der Waals surface area (Å²) in [6.45, 7) is 3.26. The van der Waals surface area contributed by atoms with Crippen molar-refractivity contribution >= 4 is 15.8 Å². The van der Waals surface area contributed by atoms with E-state index in [1.807, 2.05) is 12.1 Å². The summed E-state index contributed by atoms with van der Waals surface area (Å²) in [7, 11) is -0.340. The summed E-state index contributed by atoms with van der Waals surface area (Å²) in [4.78, 5) is 21.0. The second-order valence-corrected chi connectivity index (χ2v) is 8.51. The first-order chi connectivity index (χ1) is 13.7. The second kappa shape index (κ2) is 8.04. The topological polar surface area (TPSA) is 103 Å². The number of aryl methyl sites for hydroxylation is 2. The minimum absolute atomic E-state index is 0.0880. The third-order valence-electron chi connectivity index (χ3n) is 4.37. The quantitative estimate of drug-likeness (QED) is 0.665. The molecule has 0 atom stereocenters. The van der Waals surface area contributed by atoms with Crippen molar-refractivity contribution in [1.29, 1.82) is 0 Å². The van der Waals surface area contributed by atoms with Crippen LogP contribution in [0.2, 0.25) is 0 Å². The van der Waals surface area contributed by atoms with E-state index in [1.165, 1.54) is 4.57 Å². The van der Waals surface area contributed by atoms with E-state index in [9.17, 15) is 13.2 Å². The summed E-state index contributed by atoms with van der Waals surface area (Å²) in [5.74, 6) is 0.921. The van der Waals surface area contributed by atoms with Crippen molar-refractivity contribution in [2.24, 2.45) is 7.05 Å². The number of anilines is 1. The molecule has 3 aromatic rings. The maximum atomic E-state index is 12.1. The van der Waals surface area contributed by atoms with Crippen LogP contribution in [0.1, 0.15) is 12.5 Å². The number of hydrogen-bond acceptors (Lipinski definition) is 6. The van der Waals surface area contributed by atoms with E-state index in [2.05, 4.69) is 14.7 Å². The standard InChI is InChI=1S/C20H22N4O4S/c1-5-29(26,27)23-18-11-16(14-10-13(2)20(25)24(3)12-14)21-19(22-18)15-8-6-7-9-17(15)28-4/h6-12H,5H2,1-4H3,(H,21,22,23). The Morgan fingerprint density at radius 1 is 1.17 bits per heavy atom. The number of sulfonamides is 1. The Labute approximate surface area is 169 Å². The maximum absolute atomic E-state index is 12.1. The van der Waals surface area contributed by atoms with E-state index < -0.39 is 10.0 Å². The van der Waals surface area contributed by atoms with Crippen LogP contribution in [-0.2, 0) is 17.1 Å². The fourth-order valence-electron chi connectivity index (χ4n) is 2.85. The van der Waals surface area contributed by atoms with Crippen LogP contribution in [0.25, 0.3) is 22.6 Å². The SMILES string of the molecule is CCS(=O)(=O)Nc1cc(-c2cc(C)c(=O)n(C)c2)nc(-c2ccccc2OC)n1. The number of pyridine rings is 1. The number of hydrogen-bond donors (Lipinski definition) is 1. The first kappa shape index (κ1) is 20.5. The Morgan fingerprint density at radius 3 is 2.55 bits per heavy atom. The van der Waals surface area contributed by atoms with Crippen LogP contribution in [0.15, 0.2) is 47.4 Å². The molecule has 0 fully saturated rings. The zero-order valence-corrected chi connectivity index (χ0v) is 17.4. The zero-order chi connectivity index (χ0) is 21.2. The highest BCUT2D eigenvalue weighted by Crippen LogP contribution is 2.30. The van der Waals surface area contributed by atoms with Gasteiger partial charge < -0.3 is 9.30 Å². The molecule has 1 aromatic carbocycles. The molecule has 1 N–H and O–H groups in total. The molecule has 0 bridgehead atoms. The fraction of sp³-hybridized carbons (Fsp3) is 0.250. The number of para-hydroxylation sites is 1. The molecule has 0 saturated heterocycles. The minimum Gasteiger partial charge on any atom is -0.496 e. The Hall–Kier alpha value is -3.20. The molecular formula is C20H22N4O4S. The van der Waals surface area contributed by atoms with E-state index in [4.69, 9.17) is 4.74 Å². The lowest BCUT2D eigenvalue weighted by Crippen LogP contribution is -2.19. The van der Waals surface area contributed by atoms with Gasteiger partial charge in [0.05, 0.1) is 24.1 Å². The van der Waals surface area contributed by atoms with Crippen molar-refractivity contribution < 1.29 is 13.2 Å². The van der Waals surface area contributed by atoms with Crippen LogP contribution >= 0.6 is 0 Å². The lowest BCUT2D eigenvalue weighted by atomic mass is 10.1. The van der Waals surface area contributed by atoms with Crippen molar-refractivity contribution in [3.8, 4) is 28.4 Å². The minimum atomic E-state index is -3.54. The van der Waals surface area contributed by atoms with Gasteiger partial charge in [0, 0.05) is 30.4 Å². The highest BCUT2D eigenvalue weighted by Gasteiger charge is 2.16. The predicted octanol–water partition coefficient (Wildman–Crippen LogP) is 2.59. The van der Waals surface area contributed by atoms with E-state index in [0.717, 1.165) is 0 Å². The molecule has 152 valence electrons. The van der Waals surface area contributed by atoms with E-state index in [0.29, 0.717) is 34.0 Å². The van der Waals surface area contributed by atoms with Crippen molar-refractivity contribution in [3.63, 3.8) is 0 Å². The van der Waals surface area contributed by atoms with Gasteiger partial charge in [0.2, 0.25) is 10.0 Å². The van der Waals surface area contributed by atoms with E-state index in [-0.39, 0.29) is 17.1 Å². The van der Waals surface area contributed by atoms with Crippen LogP contribution in [0, 0.1) is 6.92 Å². The molecule has 2 aromatic heterocycles. The number of nitrogens with zero attached hydrogens (tertiary/aromatic N) is 3. The van der Waals surface area contributed by atoms with Gasteiger partial charge in [-0.3, -0.25) is 9.52 Å². The third kappa shape index (κ3) is 4.45. The van der Waals surface area contributed by atoms with Crippen molar-refractivity contribution in [3.05, 3.63) is 58.5 Å². The van der Waals surface area contributed by atoms with Crippen molar-refractivity contribution in [2.45, 2.75) is 13.8 Å². The van der Waals surface area contributed by atoms with Gasteiger partial charge in [0.15, 0.2) is 5.82 Å². The molecule has 0 spiro atoms. The number of benzene rings is 1. The van der Waals surface area contributed by atoms with Crippen LogP contribution in [0.5, 0.6) is 5.75 Å². The molecule has 9 heteroatoms. The largest absolute Gasteiger partial charge is 0.496 e. The highest BCUT2D eigenvalue weighted by molar-refractivity contribution is 7.92. The maximum Gasteiger partial charge on any atom is 0.253 e. The van der Waals surface area contributed by atoms with Crippen molar-refractivity contribution in [1.82, 2.24) is 14.5 Å². The normalized spacial score (nSPS) is 11.3. The van der Waals surface area contributed by atoms with Gasteiger partial charge in [-0.2, -0.15) is 0 Å². The molecular weight excluding hydrogens is 392 g/mol. The Morgan fingerprint density at radius 2 is 1.90 bits per heavy atom. The average Bonchev–Trinajstić information content (AvgIpc) is 2.71. The molecule has 0 amide bonds. The highest BCUT2D eigenvalue weighted by atomic mass is 32.2. The zero-order valence-electron chi connectivity index (χ0n) is 16.6. The monoisotopic (exact) mass is 414 g/mol. The Bertz CT molecular complexity index is 1190. The van der Waals surface area contributed by atoms with Gasteiger partial charge in [-0.25, -0.2) is 18.4 Å². The summed E-state index contributed by atoms with van der Waals surface area (Å²) in [5, 5.41) is 0. The molecule has 29 heavy (non-hydrogen) atoms. The average molecular weight is 414 g/mol. The Balaban J connectivity index is 2.25. The summed E-state index contributed by atoms with van der Waals surface area (Å²) in [6, 6.07) is 10.5. The number of aromatic nitrogens is 3. The van der Waals surface area contributed by atoms with Crippen LogP contribution in [-0.4, -0.2) is 35.8 Å². The van der Waals surface area contributed by atoms with Gasteiger partial charge >= 0.3 is 0 Å². The number of methoxy groups -OCH3 is 1. The first-order valence-corrected chi connectivity index (χ1v) is 10.6. The molecule has 0 saturated carbocycles. The van der Waals surface area contributed by atoms with Crippen LogP contribution < -0.4 is 15.0 Å². The Kier molecular flexibility index (Phi) is 5.69. The van der Waals surface area contributed by atoms with Crippen LogP contribution in [0.4, 0.5) is 5.82 Å². The number of nitrogens with one attached hydrogen (secondary N) is 1. The van der Waals surface area contributed by atoms with E-state index >= 15 is 0 Å². The van der Waals surface area contributed by atoms with Gasteiger partial charge in [0.1, 0.15) is 11.6 Å². The fourth-order valence-corrected chi connectivity index (χ4v) is 3.41. The van der Waals surface area contributed by atoms with Gasteiger partial charge in [0.25, 0.3) is 5.56 Å². The molecule has 0 aliphatic rings. The summed E-state index contributed by atoms with van der Waals surface area (Å²) in [6.07, 6.45) is 1.65. The summed E-state index contributed by atoms with van der Waals surface area (Å²) in [5.41, 5.74) is 2.21. The molecule has 0 aliphatic heterocycles. The number of ether oxygens (including phenoxy) is 1. The molecule has 0 unspecified atom stereocenters. The third-order valence-corrected chi connectivity index (χ3v) is 5.65. The second-order valence-electron chi connectivity index (χ2n) is 6.50. The van der Waals surface area contributed by atoms with E-state index in [1.54, 1.807) is 58.5 Å². The number of rotatable bonds is 6. The molecule has 8 nitrogen and oxygen atoms in total. The smallest absolute Gasteiger partial charge is 0.253 e. The molecule has 2 heterocycles. The molecule has 3 rings (SSSR count). The van der Waals surface area contributed by atoms with Crippen molar-refractivity contribution in [2.75, 3.05) is 17.6 Å². The van der Waals surface area contributed by atoms with Gasteiger partial charge in [-0.1, -0.05) is 12.1 Å². The lowest BCUT2D eigenvalue weighted by Gasteiger charge is -2.13. The van der Waals surface area contributed by atoms with Crippen LogP contribution in [0.3, 0.4) is 0 Å². The van der Waals surface area contributed by atoms with Gasteiger partial charge in [-0.05, 0) is 32.0 Å². The molecule has 0 radical (unpaired) electrons. The first-order valence-electron chi connectivity index (χ1n) is 8.94. The van der Waals surface area contributed by atoms with Gasteiger partial charge in [-0.15, -0.1) is 0 Å². The summed E-state index contributed by atoms with van der Waals surface area (Å²) < 4.78 is 33.5. The molecule has 0 aliphatic carbocycles. The lowest BCUT2D eigenvalue weighted by molar-refractivity contribution is 0.416.